The molecule has 0 saturated carbocycles. The van der Waals surface area contributed by atoms with E-state index in [1.807, 2.05) is 0 Å². The zero-order valence-corrected chi connectivity index (χ0v) is 9.96. The first kappa shape index (κ1) is 13.1. The van der Waals surface area contributed by atoms with Gasteiger partial charge in [0.15, 0.2) is 0 Å². The first-order valence-corrected chi connectivity index (χ1v) is 5.70. The van der Waals surface area contributed by atoms with Crippen molar-refractivity contribution in [3.05, 3.63) is 35.6 Å². The standard InChI is InChI=1S/C13H20FNO/c1-3-13(2,8-9-16)15-10-11-4-6-12(14)7-5-11/h4-7,15-16H,3,8-10H2,1-2H3. The Bertz CT molecular complexity index is 312. The fourth-order valence-electron chi connectivity index (χ4n) is 1.55. The van der Waals surface area contributed by atoms with E-state index in [0.717, 1.165) is 18.4 Å². The summed E-state index contributed by atoms with van der Waals surface area (Å²) in [5.74, 6) is -0.211. The smallest absolute Gasteiger partial charge is 0.123 e. The lowest BCUT2D eigenvalue weighted by Crippen LogP contribution is -2.42. The van der Waals surface area contributed by atoms with Crippen molar-refractivity contribution >= 4 is 0 Å². The molecule has 90 valence electrons. The molecule has 0 heterocycles. The van der Waals surface area contributed by atoms with E-state index in [1.54, 1.807) is 12.1 Å². The van der Waals surface area contributed by atoms with Gasteiger partial charge in [0.2, 0.25) is 0 Å². The Morgan fingerprint density at radius 2 is 1.94 bits per heavy atom. The number of rotatable bonds is 6. The van der Waals surface area contributed by atoms with Gasteiger partial charge in [-0.15, -0.1) is 0 Å². The molecule has 0 fully saturated rings. The van der Waals surface area contributed by atoms with E-state index < -0.39 is 0 Å². The van der Waals surface area contributed by atoms with Crippen molar-refractivity contribution in [2.75, 3.05) is 6.61 Å². The van der Waals surface area contributed by atoms with Crippen LogP contribution >= 0.6 is 0 Å². The van der Waals surface area contributed by atoms with E-state index in [0.29, 0.717) is 6.54 Å². The Balaban J connectivity index is 2.52. The average Bonchev–Trinajstić information content (AvgIpc) is 2.29. The number of aliphatic hydroxyl groups excluding tert-OH is 1. The molecule has 0 saturated heterocycles. The molecule has 0 aliphatic heterocycles. The van der Waals surface area contributed by atoms with Crippen LogP contribution in [0.2, 0.25) is 0 Å². The fourth-order valence-corrected chi connectivity index (χ4v) is 1.55. The van der Waals surface area contributed by atoms with Gasteiger partial charge in [-0.25, -0.2) is 4.39 Å². The fraction of sp³-hybridized carbons (Fsp3) is 0.538. The summed E-state index contributed by atoms with van der Waals surface area (Å²) in [6.07, 6.45) is 1.68. The summed E-state index contributed by atoms with van der Waals surface area (Å²) in [6, 6.07) is 6.48. The number of aliphatic hydroxyl groups is 1. The third-order valence-electron chi connectivity index (χ3n) is 3.08. The zero-order chi connectivity index (χ0) is 12.0. The Hall–Kier alpha value is -0.930. The van der Waals surface area contributed by atoms with Crippen LogP contribution in [0.15, 0.2) is 24.3 Å². The Labute approximate surface area is 96.5 Å². The third-order valence-corrected chi connectivity index (χ3v) is 3.08. The number of hydrogen-bond donors (Lipinski definition) is 2. The molecular formula is C13H20FNO. The van der Waals surface area contributed by atoms with Gasteiger partial charge < -0.3 is 10.4 Å². The minimum absolute atomic E-state index is 0.0524. The summed E-state index contributed by atoms with van der Waals surface area (Å²) in [6.45, 7) is 5.06. The molecule has 0 bridgehead atoms. The number of halogens is 1. The van der Waals surface area contributed by atoms with Crippen molar-refractivity contribution < 1.29 is 9.50 Å². The monoisotopic (exact) mass is 225 g/mol. The van der Waals surface area contributed by atoms with Gasteiger partial charge in [-0.1, -0.05) is 19.1 Å². The van der Waals surface area contributed by atoms with Crippen LogP contribution < -0.4 is 5.32 Å². The van der Waals surface area contributed by atoms with E-state index >= 15 is 0 Å². The number of hydrogen-bond acceptors (Lipinski definition) is 2. The Morgan fingerprint density at radius 1 is 1.31 bits per heavy atom. The van der Waals surface area contributed by atoms with E-state index in [4.69, 9.17) is 5.11 Å². The topological polar surface area (TPSA) is 32.3 Å². The first-order chi connectivity index (χ1) is 7.59. The van der Waals surface area contributed by atoms with Gasteiger partial charge in [0, 0.05) is 18.7 Å². The number of benzene rings is 1. The van der Waals surface area contributed by atoms with Gasteiger partial charge in [0.1, 0.15) is 5.82 Å². The highest BCUT2D eigenvalue weighted by molar-refractivity contribution is 5.16. The maximum Gasteiger partial charge on any atom is 0.123 e. The van der Waals surface area contributed by atoms with Gasteiger partial charge >= 0.3 is 0 Å². The van der Waals surface area contributed by atoms with Crippen molar-refractivity contribution in [3.8, 4) is 0 Å². The molecule has 0 amide bonds. The molecule has 3 heteroatoms. The van der Waals surface area contributed by atoms with Crippen LogP contribution in [0.3, 0.4) is 0 Å². The van der Waals surface area contributed by atoms with E-state index in [9.17, 15) is 4.39 Å². The molecule has 1 unspecified atom stereocenters. The van der Waals surface area contributed by atoms with Gasteiger partial charge in [-0.3, -0.25) is 0 Å². The summed E-state index contributed by atoms with van der Waals surface area (Å²) in [4.78, 5) is 0. The predicted molar refractivity (Wildman–Crippen MR) is 63.6 cm³/mol. The molecule has 2 nitrogen and oxygen atoms in total. The minimum Gasteiger partial charge on any atom is -0.396 e. The SMILES string of the molecule is CCC(C)(CCO)NCc1ccc(F)cc1. The molecule has 0 aromatic heterocycles. The Kier molecular flexibility index (Phi) is 4.90. The molecule has 1 aromatic carbocycles. The molecule has 1 atom stereocenters. The van der Waals surface area contributed by atoms with Crippen molar-refractivity contribution in [2.45, 2.75) is 38.8 Å². The first-order valence-electron chi connectivity index (χ1n) is 5.70. The van der Waals surface area contributed by atoms with Crippen LogP contribution in [-0.4, -0.2) is 17.3 Å². The van der Waals surface area contributed by atoms with Crippen molar-refractivity contribution in [2.24, 2.45) is 0 Å². The second-order valence-electron chi connectivity index (χ2n) is 4.37. The average molecular weight is 225 g/mol. The second-order valence-corrected chi connectivity index (χ2v) is 4.37. The highest BCUT2D eigenvalue weighted by Crippen LogP contribution is 2.15. The summed E-state index contributed by atoms with van der Waals surface area (Å²) in [5, 5.41) is 12.4. The molecule has 2 N–H and O–H groups in total. The normalized spacial score (nSPS) is 14.8. The summed E-state index contributed by atoms with van der Waals surface area (Å²) in [5.41, 5.74) is 1.00. The summed E-state index contributed by atoms with van der Waals surface area (Å²) in [7, 11) is 0. The zero-order valence-electron chi connectivity index (χ0n) is 9.96. The van der Waals surface area contributed by atoms with Crippen molar-refractivity contribution in [1.29, 1.82) is 0 Å². The molecule has 1 rings (SSSR count). The van der Waals surface area contributed by atoms with Crippen LogP contribution in [0, 0.1) is 5.82 Å². The summed E-state index contributed by atoms with van der Waals surface area (Å²) < 4.78 is 12.7. The Morgan fingerprint density at radius 3 is 2.44 bits per heavy atom. The van der Waals surface area contributed by atoms with Crippen LogP contribution in [0.1, 0.15) is 32.3 Å². The van der Waals surface area contributed by atoms with Gasteiger partial charge in [0.05, 0.1) is 0 Å². The van der Waals surface area contributed by atoms with Crippen LogP contribution in [0.5, 0.6) is 0 Å². The molecule has 0 radical (unpaired) electrons. The minimum atomic E-state index is -0.211. The lowest BCUT2D eigenvalue weighted by Gasteiger charge is -2.29. The summed E-state index contributed by atoms with van der Waals surface area (Å²) >= 11 is 0. The van der Waals surface area contributed by atoms with Crippen LogP contribution in [0.25, 0.3) is 0 Å². The number of nitrogens with one attached hydrogen (secondary N) is 1. The van der Waals surface area contributed by atoms with E-state index in [1.165, 1.54) is 12.1 Å². The molecule has 1 aromatic rings. The largest absolute Gasteiger partial charge is 0.396 e. The third kappa shape index (κ3) is 3.91. The van der Waals surface area contributed by atoms with Gasteiger partial charge in [0.25, 0.3) is 0 Å². The maximum atomic E-state index is 12.7. The lowest BCUT2D eigenvalue weighted by molar-refractivity contribution is 0.214. The van der Waals surface area contributed by atoms with Crippen LogP contribution in [-0.2, 0) is 6.54 Å². The van der Waals surface area contributed by atoms with Gasteiger partial charge in [-0.2, -0.15) is 0 Å². The van der Waals surface area contributed by atoms with E-state index in [-0.39, 0.29) is 18.0 Å². The molecule has 0 aliphatic rings. The van der Waals surface area contributed by atoms with Crippen LogP contribution in [0.4, 0.5) is 4.39 Å². The van der Waals surface area contributed by atoms with Crippen molar-refractivity contribution in [3.63, 3.8) is 0 Å². The van der Waals surface area contributed by atoms with E-state index in [2.05, 4.69) is 19.2 Å². The highest BCUT2D eigenvalue weighted by atomic mass is 19.1. The molecule has 0 spiro atoms. The molecule has 16 heavy (non-hydrogen) atoms. The molecule has 0 aliphatic carbocycles. The lowest BCUT2D eigenvalue weighted by atomic mass is 9.94. The second kappa shape index (κ2) is 5.97. The molecular weight excluding hydrogens is 205 g/mol. The highest BCUT2D eigenvalue weighted by Gasteiger charge is 2.19. The quantitative estimate of drug-likeness (QED) is 0.779. The van der Waals surface area contributed by atoms with Gasteiger partial charge in [-0.05, 0) is 37.5 Å². The maximum absolute atomic E-state index is 12.7. The van der Waals surface area contributed by atoms with Crippen molar-refractivity contribution in [1.82, 2.24) is 5.32 Å². The predicted octanol–water partition coefficient (Wildman–Crippen LogP) is 2.47.